The Hall–Kier alpha value is -2.06. The van der Waals surface area contributed by atoms with Gasteiger partial charge in [0.2, 0.25) is 6.29 Å². The van der Waals surface area contributed by atoms with Gasteiger partial charge in [-0.1, -0.05) is 56.3 Å². The lowest BCUT2D eigenvalue weighted by molar-refractivity contribution is 0.0251. The molecule has 0 heterocycles. The fraction of sp³-hybridized carbons (Fsp3) is 0.222. The minimum Gasteiger partial charge on any atom is -0.461 e. The van der Waals surface area contributed by atoms with Crippen molar-refractivity contribution in [2.45, 2.75) is 26.1 Å². The van der Waals surface area contributed by atoms with E-state index in [9.17, 15) is 5.11 Å². The molecule has 0 bridgehead atoms. The summed E-state index contributed by atoms with van der Waals surface area (Å²) < 4.78 is 5.24. The van der Waals surface area contributed by atoms with Crippen LogP contribution in [0.4, 0.5) is 0 Å². The van der Waals surface area contributed by atoms with E-state index in [0.29, 0.717) is 5.75 Å². The normalized spacial score (nSPS) is 11.9. The molecule has 0 aromatic heterocycles. The number of aliphatic hydroxyl groups is 1. The molecule has 2 heteroatoms. The molecular formula is C18H20O2. The highest BCUT2D eigenvalue weighted by atomic mass is 16.6. The number of rotatable bonds is 6. The van der Waals surface area contributed by atoms with Crippen LogP contribution in [-0.4, -0.2) is 11.4 Å². The summed E-state index contributed by atoms with van der Waals surface area (Å²) in [5, 5.41) is 9.34. The summed E-state index contributed by atoms with van der Waals surface area (Å²) in [5.74, 6) is 0.628. The number of ether oxygens (including phenoxy) is 1. The van der Waals surface area contributed by atoms with Gasteiger partial charge in [-0.15, -0.1) is 0 Å². The second kappa shape index (κ2) is 6.92. The van der Waals surface area contributed by atoms with Crippen LogP contribution in [0.3, 0.4) is 0 Å². The van der Waals surface area contributed by atoms with Crippen molar-refractivity contribution in [1.29, 1.82) is 0 Å². The Morgan fingerprint density at radius 3 is 2.10 bits per heavy atom. The molecule has 0 aliphatic heterocycles. The molecule has 2 aromatic carbocycles. The highest BCUT2D eigenvalue weighted by Gasteiger charge is 2.02. The Bertz CT molecular complexity index is 541. The molecule has 104 valence electrons. The molecule has 0 aliphatic carbocycles. The van der Waals surface area contributed by atoms with Crippen molar-refractivity contribution in [3.63, 3.8) is 0 Å². The molecule has 2 nitrogen and oxygen atoms in total. The summed E-state index contributed by atoms with van der Waals surface area (Å²) in [6.45, 7) is 5.66. The highest BCUT2D eigenvalue weighted by molar-refractivity contribution is 5.64. The first kappa shape index (κ1) is 14.4. The largest absolute Gasteiger partial charge is 0.461 e. The van der Waals surface area contributed by atoms with Gasteiger partial charge in [0.05, 0.1) is 0 Å². The van der Waals surface area contributed by atoms with E-state index in [1.54, 1.807) is 0 Å². The van der Waals surface area contributed by atoms with Gasteiger partial charge in [0.15, 0.2) is 0 Å². The van der Waals surface area contributed by atoms with Crippen LogP contribution in [0.25, 0.3) is 11.1 Å². The summed E-state index contributed by atoms with van der Waals surface area (Å²) in [7, 11) is 0. The summed E-state index contributed by atoms with van der Waals surface area (Å²) in [6, 6.07) is 16.3. The molecule has 1 unspecified atom stereocenters. The average Bonchev–Trinajstić information content (AvgIpc) is 2.49. The fourth-order valence-corrected chi connectivity index (χ4v) is 2.07. The van der Waals surface area contributed by atoms with Crippen molar-refractivity contribution in [3.8, 4) is 16.9 Å². The summed E-state index contributed by atoms with van der Waals surface area (Å²) in [5.41, 5.74) is 3.68. The minimum absolute atomic E-state index is 0.628. The molecule has 0 spiro atoms. The van der Waals surface area contributed by atoms with Crippen molar-refractivity contribution in [2.24, 2.45) is 0 Å². The van der Waals surface area contributed by atoms with Crippen LogP contribution in [0.5, 0.6) is 5.75 Å². The lowest BCUT2D eigenvalue weighted by Gasteiger charge is -2.10. The molecule has 2 aromatic rings. The zero-order valence-electron chi connectivity index (χ0n) is 11.8. The topological polar surface area (TPSA) is 29.5 Å². The fourth-order valence-electron chi connectivity index (χ4n) is 2.07. The highest BCUT2D eigenvalue weighted by Crippen LogP contribution is 2.23. The van der Waals surface area contributed by atoms with Gasteiger partial charge in [0, 0.05) is 0 Å². The standard InChI is InChI=1S/C18H20O2/c1-3-5-14-6-8-15(9-7-14)16-10-12-17(13-11-16)20-18(19)4-2/h4,6-13,18-19H,2-3,5H2,1H3. The number of benzene rings is 2. The third kappa shape index (κ3) is 3.72. The maximum Gasteiger partial charge on any atom is 0.216 e. The summed E-state index contributed by atoms with van der Waals surface area (Å²) in [6.07, 6.45) is 2.67. The van der Waals surface area contributed by atoms with E-state index in [2.05, 4.69) is 37.8 Å². The van der Waals surface area contributed by atoms with Gasteiger partial charge in [0.1, 0.15) is 5.75 Å². The molecule has 2 rings (SSSR count). The van der Waals surface area contributed by atoms with Crippen LogP contribution in [-0.2, 0) is 6.42 Å². The second-order valence-electron chi connectivity index (χ2n) is 4.72. The Labute approximate surface area is 120 Å². The van der Waals surface area contributed by atoms with Gasteiger partial charge in [-0.05, 0) is 41.3 Å². The molecule has 0 fully saturated rings. The monoisotopic (exact) mass is 268 g/mol. The van der Waals surface area contributed by atoms with Crippen molar-refractivity contribution in [2.75, 3.05) is 0 Å². The van der Waals surface area contributed by atoms with Crippen molar-refractivity contribution in [3.05, 3.63) is 66.7 Å². The molecule has 0 saturated heterocycles. The Morgan fingerprint density at radius 2 is 1.60 bits per heavy atom. The lowest BCUT2D eigenvalue weighted by Crippen LogP contribution is -2.10. The SMILES string of the molecule is C=CC(O)Oc1ccc(-c2ccc(CCC)cc2)cc1. The van der Waals surface area contributed by atoms with Gasteiger partial charge in [0.25, 0.3) is 0 Å². The van der Waals surface area contributed by atoms with E-state index < -0.39 is 6.29 Å². The molecule has 0 saturated carbocycles. The first-order chi connectivity index (χ1) is 9.72. The third-order valence-electron chi connectivity index (χ3n) is 3.14. The second-order valence-corrected chi connectivity index (χ2v) is 4.72. The predicted molar refractivity (Wildman–Crippen MR) is 82.7 cm³/mol. The Kier molecular flexibility index (Phi) is 4.97. The maximum atomic E-state index is 9.34. The van der Waals surface area contributed by atoms with Crippen LogP contribution in [0.1, 0.15) is 18.9 Å². The van der Waals surface area contributed by atoms with E-state index in [4.69, 9.17) is 4.74 Å². The molecule has 0 amide bonds. The minimum atomic E-state index is -0.964. The summed E-state index contributed by atoms with van der Waals surface area (Å²) >= 11 is 0. The van der Waals surface area contributed by atoms with Crippen LogP contribution in [0, 0.1) is 0 Å². The zero-order valence-corrected chi connectivity index (χ0v) is 11.8. The Balaban J connectivity index is 2.11. The van der Waals surface area contributed by atoms with Crippen molar-refractivity contribution >= 4 is 0 Å². The van der Waals surface area contributed by atoms with Gasteiger partial charge >= 0.3 is 0 Å². The van der Waals surface area contributed by atoms with Crippen LogP contribution >= 0.6 is 0 Å². The van der Waals surface area contributed by atoms with Gasteiger partial charge in [-0.3, -0.25) is 0 Å². The molecule has 0 radical (unpaired) electrons. The lowest BCUT2D eigenvalue weighted by atomic mass is 10.0. The van der Waals surface area contributed by atoms with Gasteiger partial charge in [-0.2, -0.15) is 0 Å². The first-order valence-electron chi connectivity index (χ1n) is 6.89. The van der Waals surface area contributed by atoms with Crippen LogP contribution in [0.2, 0.25) is 0 Å². The summed E-state index contributed by atoms with van der Waals surface area (Å²) in [4.78, 5) is 0. The van der Waals surface area contributed by atoms with Crippen LogP contribution < -0.4 is 4.74 Å². The molecular weight excluding hydrogens is 248 g/mol. The van der Waals surface area contributed by atoms with Crippen molar-refractivity contribution in [1.82, 2.24) is 0 Å². The van der Waals surface area contributed by atoms with E-state index >= 15 is 0 Å². The average molecular weight is 268 g/mol. The van der Waals surface area contributed by atoms with E-state index in [1.807, 2.05) is 24.3 Å². The van der Waals surface area contributed by atoms with Crippen LogP contribution in [0.15, 0.2) is 61.2 Å². The molecule has 20 heavy (non-hydrogen) atoms. The third-order valence-corrected chi connectivity index (χ3v) is 3.14. The van der Waals surface area contributed by atoms with Gasteiger partial charge in [-0.25, -0.2) is 0 Å². The van der Waals surface area contributed by atoms with E-state index in [1.165, 1.54) is 17.2 Å². The molecule has 1 N–H and O–H groups in total. The number of aliphatic hydroxyl groups excluding tert-OH is 1. The predicted octanol–water partition coefficient (Wildman–Crippen LogP) is 4.19. The smallest absolute Gasteiger partial charge is 0.216 e. The maximum absolute atomic E-state index is 9.34. The zero-order chi connectivity index (χ0) is 14.4. The molecule has 1 atom stereocenters. The number of hydrogen-bond donors (Lipinski definition) is 1. The van der Waals surface area contributed by atoms with Gasteiger partial charge < -0.3 is 9.84 Å². The number of hydrogen-bond acceptors (Lipinski definition) is 2. The van der Waals surface area contributed by atoms with Crippen molar-refractivity contribution < 1.29 is 9.84 Å². The van der Waals surface area contributed by atoms with E-state index in [0.717, 1.165) is 18.4 Å². The van der Waals surface area contributed by atoms with E-state index in [-0.39, 0.29) is 0 Å². The number of aryl methyl sites for hydroxylation is 1. The Morgan fingerprint density at radius 1 is 1.05 bits per heavy atom. The first-order valence-corrected chi connectivity index (χ1v) is 6.89. The molecule has 0 aliphatic rings. The quantitative estimate of drug-likeness (QED) is 0.629.